The maximum Gasteiger partial charge on any atom is 0.226 e. The molecular weight excluding hydrogens is 222 g/mol. The molecule has 0 radical (unpaired) electrons. The minimum Gasteiger partial charge on any atom is -0.349 e. The molecule has 1 amide bonds. The third-order valence-corrected chi connectivity index (χ3v) is 4.46. The summed E-state index contributed by atoms with van der Waals surface area (Å²) < 4.78 is 0. The highest BCUT2D eigenvalue weighted by Crippen LogP contribution is 2.31. The molecule has 1 saturated carbocycles. The molecule has 0 aromatic rings. The standard InChI is InChI=1S/C13H24ClNO/c1-4-12(2,3)11(16)15-13(10-14)8-6-5-7-9-13/h4-10H2,1-3H3,(H,15,16). The van der Waals surface area contributed by atoms with Crippen molar-refractivity contribution in [3.8, 4) is 0 Å². The van der Waals surface area contributed by atoms with Gasteiger partial charge in [-0.2, -0.15) is 0 Å². The maximum absolute atomic E-state index is 12.2. The van der Waals surface area contributed by atoms with E-state index in [4.69, 9.17) is 11.6 Å². The van der Waals surface area contributed by atoms with Crippen LogP contribution in [0.5, 0.6) is 0 Å². The van der Waals surface area contributed by atoms with Crippen LogP contribution in [0.1, 0.15) is 59.3 Å². The van der Waals surface area contributed by atoms with E-state index in [-0.39, 0.29) is 16.9 Å². The lowest BCUT2D eigenvalue weighted by Crippen LogP contribution is -2.54. The second-order valence-electron chi connectivity index (χ2n) is 5.67. The molecule has 0 aromatic carbocycles. The Kier molecular flexibility index (Phi) is 4.66. The fraction of sp³-hybridized carbons (Fsp3) is 0.923. The minimum absolute atomic E-state index is 0.136. The molecule has 3 heteroatoms. The van der Waals surface area contributed by atoms with Crippen LogP contribution in [0.25, 0.3) is 0 Å². The van der Waals surface area contributed by atoms with Gasteiger partial charge in [0.25, 0.3) is 0 Å². The van der Waals surface area contributed by atoms with Gasteiger partial charge in [-0.05, 0) is 19.3 Å². The van der Waals surface area contributed by atoms with Gasteiger partial charge in [-0.1, -0.05) is 40.0 Å². The number of hydrogen-bond donors (Lipinski definition) is 1. The highest BCUT2D eigenvalue weighted by molar-refractivity contribution is 6.18. The molecular formula is C13H24ClNO. The van der Waals surface area contributed by atoms with Crippen LogP contribution >= 0.6 is 11.6 Å². The molecule has 1 aliphatic carbocycles. The number of amides is 1. The van der Waals surface area contributed by atoms with Gasteiger partial charge < -0.3 is 5.32 Å². The molecule has 0 aromatic heterocycles. The van der Waals surface area contributed by atoms with Gasteiger partial charge >= 0.3 is 0 Å². The second kappa shape index (κ2) is 5.39. The Labute approximate surface area is 104 Å². The summed E-state index contributed by atoms with van der Waals surface area (Å²) >= 11 is 6.06. The zero-order valence-corrected chi connectivity index (χ0v) is 11.5. The van der Waals surface area contributed by atoms with Gasteiger partial charge in [0.15, 0.2) is 0 Å². The van der Waals surface area contributed by atoms with Crippen molar-refractivity contribution >= 4 is 17.5 Å². The van der Waals surface area contributed by atoms with E-state index in [0.29, 0.717) is 5.88 Å². The van der Waals surface area contributed by atoms with Gasteiger partial charge in [0.1, 0.15) is 0 Å². The molecule has 0 heterocycles. The average molecular weight is 246 g/mol. The molecule has 2 nitrogen and oxygen atoms in total. The van der Waals surface area contributed by atoms with Crippen LogP contribution in [0.4, 0.5) is 0 Å². The molecule has 1 fully saturated rings. The second-order valence-corrected chi connectivity index (χ2v) is 5.93. The van der Waals surface area contributed by atoms with Crippen molar-refractivity contribution in [3.05, 3.63) is 0 Å². The largest absolute Gasteiger partial charge is 0.349 e. The Morgan fingerprint density at radius 3 is 2.31 bits per heavy atom. The first kappa shape index (κ1) is 13.8. The zero-order chi connectivity index (χ0) is 12.2. The molecule has 1 N–H and O–H groups in total. The number of hydrogen-bond acceptors (Lipinski definition) is 1. The summed E-state index contributed by atoms with van der Waals surface area (Å²) in [5, 5.41) is 3.20. The third-order valence-electron chi connectivity index (χ3n) is 3.94. The summed E-state index contributed by atoms with van der Waals surface area (Å²) in [7, 11) is 0. The Morgan fingerprint density at radius 1 is 1.31 bits per heavy atom. The Hall–Kier alpha value is -0.240. The number of carbonyl (C=O) groups excluding carboxylic acids is 1. The van der Waals surface area contributed by atoms with E-state index in [1.807, 2.05) is 20.8 Å². The van der Waals surface area contributed by atoms with Crippen molar-refractivity contribution in [3.63, 3.8) is 0 Å². The highest BCUT2D eigenvalue weighted by Gasteiger charge is 2.36. The molecule has 0 saturated heterocycles. The number of rotatable bonds is 4. The normalized spacial score (nSPS) is 20.5. The average Bonchev–Trinajstić information content (AvgIpc) is 2.30. The number of nitrogens with one attached hydrogen (secondary N) is 1. The van der Waals surface area contributed by atoms with Gasteiger partial charge in [0, 0.05) is 11.3 Å². The van der Waals surface area contributed by atoms with Gasteiger partial charge in [-0.15, -0.1) is 11.6 Å². The fourth-order valence-electron chi connectivity index (χ4n) is 2.09. The summed E-state index contributed by atoms with van der Waals surface area (Å²) in [6, 6.07) is 0. The SMILES string of the molecule is CCC(C)(C)C(=O)NC1(CCl)CCCCC1. The first-order chi connectivity index (χ1) is 7.46. The molecule has 16 heavy (non-hydrogen) atoms. The van der Waals surface area contributed by atoms with Crippen molar-refractivity contribution < 1.29 is 4.79 Å². The molecule has 0 atom stereocenters. The van der Waals surface area contributed by atoms with Crippen molar-refractivity contribution in [2.45, 2.75) is 64.8 Å². The summed E-state index contributed by atoms with van der Waals surface area (Å²) in [5.41, 5.74) is -0.417. The van der Waals surface area contributed by atoms with Crippen LogP contribution in [0, 0.1) is 5.41 Å². The van der Waals surface area contributed by atoms with E-state index >= 15 is 0 Å². The topological polar surface area (TPSA) is 29.1 Å². The molecule has 1 rings (SSSR count). The van der Waals surface area contributed by atoms with E-state index in [9.17, 15) is 4.79 Å². The predicted octanol–water partition coefficient (Wildman–Crippen LogP) is 3.48. The molecule has 94 valence electrons. The lowest BCUT2D eigenvalue weighted by Gasteiger charge is -2.39. The highest BCUT2D eigenvalue weighted by atomic mass is 35.5. The summed E-state index contributed by atoms with van der Waals surface area (Å²) in [6.45, 7) is 6.04. The van der Waals surface area contributed by atoms with Crippen LogP contribution in [0.3, 0.4) is 0 Å². The minimum atomic E-state index is -0.281. The van der Waals surface area contributed by atoms with Gasteiger partial charge in [-0.25, -0.2) is 0 Å². The van der Waals surface area contributed by atoms with Crippen LogP contribution in [0.2, 0.25) is 0 Å². The molecule has 0 bridgehead atoms. The zero-order valence-electron chi connectivity index (χ0n) is 10.7. The number of alkyl halides is 1. The van der Waals surface area contributed by atoms with Crippen molar-refractivity contribution in [1.29, 1.82) is 0 Å². The number of halogens is 1. The Balaban J connectivity index is 2.66. The van der Waals surface area contributed by atoms with Gasteiger partial charge in [0.05, 0.1) is 5.54 Å². The van der Waals surface area contributed by atoms with E-state index in [1.54, 1.807) is 0 Å². The van der Waals surface area contributed by atoms with Crippen molar-refractivity contribution in [2.75, 3.05) is 5.88 Å². The number of carbonyl (C=O) groups is 1. The van der Waals surface area contributed by atoms with E-state index in [2.05, 4.69) is 5.32 Å². The lowest BCUT2D eigenvalue weighted by atomic mass is 9.81. The van der Waals surface area contributed by atoms with Crippen LogP contribution < -0.4 is 5.32 Å². The summed E-state index contributed by atoms with van der Waals surface area (Å²) in [6.07, 6.45) is 6.55. The predicted molar refractivity (Wildman–Crippen MR) is 68.8 cm³/mol. The van der Waals surface area contributed by atoms with Crippen molar-refractivity contribution in [1.82, 2.24) is 5.32 Å². The van der Waals surface area contributed by atoms with Crippen LogP contribution in [-0.2, 0) is 4.79 Å². The van der Waals surface area contributed by atoms with E-state index in [1.165, 1.54) is 19.3 Å². The first-order valence-electron chi connectivity index (χ1n) is 6.34. The molecule has 0 aliphatic heterocycles. The Bertz CT molecular complexity index is 244. The third kappa shape index (κ3) is 3.13. The Morgan fingerprint density at radius 2 is 1.88 bits per heavy atom. The monoisotopic (exact) mass is 245 g/mol. The molecule has 0 spiro atoms. The lowest BCUT2D eigenvalue weighted by molar-refractivity contribution is -0.131. The summed E-state index contributed by atoms with van der Waals surface area (Å²) in [4.78, 5) is 12.2. The molecule has 0 unspecified atom stereocenters. The van der Waals surface area contributed by atoms with Crippen LogP contribution in [-0.4, -0.2) is 17.3 Å². The van der Waals surface area contributed by atoms with E-state index < -0.39 is 0 Å². The van der Waals surface area contributed by atoms with Gasteiger partial charge in [-0.3, -0.25) is 4.79 Å². The summed E-state index contributed by atoms with van der Waals surface area (Å²) in [5.74, 6) is 0.691. The molecule has 1 aliphatic rings. The fourth-order valence-corrected chi connectivity index (χ4v) is 2.43. The maximum atomic E-state index is 12.2. The quantitative estimate of drug-likeness (QED) is 0.755. The first-order valence-corrected chi connectivity index (χ1v) is 6.88. The van der Waals surface area contributed by atoms with Gasteiger partial charge in [0.2, 0.25) is 5.91 Å². The van der Waals surface area contributed by atoms with E-state index in [0.717, 1.165) is 19.3 Å². The van der Waals surface area contributed by atoms with Crippen LogP contribution in [0.15, 0.2) is 0 Å². The van der Waals surface area contributed by atoms with Crippen molar-refractivity contribution in [2.24, 2.45) is 5.41 Å². The smallest absolute Gasteiger partial charge is 0.226 e.